The number of hydrogen-bond acceptors (Lipinski definition) is 2. The highest BCUT2D eigenvalue weighted by Crippen LogP contribution is 2.24. The van der Waals surface area contributed by atoms with Gasteiger partial charge in [-0.1, -0.05) is 29.5 Å². The largest absolute Gasteiger partial charge is 0.460 e. The van der Waals surface area contributed by atoms with Crippen molar-refractivity contribution in [1.82, 2.24) is 0 Å². The van der Waals surface area contributed by atoms with Crippen LogP contribution in [0.25, 0.3) is 0 Å². The second-order valence-electron chi connectivity index (χ2n) is 1.79. The van der Waals surface area contributed by atoms with Gasteiger partial charge in [0.15, 0.2) is 0 Å². The molecule has 8 heavy (non-hydrogen) atoms. The molecule has 2 atom stereocenters. The third-order valence-corrected chi connectivity index (χ3v) is 2.53. The Morgan fingerprint density at radius 1 is 1.88 bits per heavy atom. The van der Waals surface area contributed by atoms with Gasteiger partial charge in [0, 0.05) is 0 Å². The molecule has 0 amide bonds. The van der Waals surface area contributed by atoms with Crippen LogP contribution in [0.4, 0.5) is 0 Å². The summed E-state index contributed by atoms with van der Waals surface area (Å²) in [5.41, 5.74) is 0. The standard InChI is InChI=1S/C5H7IO2/c1-2-3-4(6)5(7)8-3/h3-4H,2H2,1H3. The summed E-state index contributed by atoms with van der Waals surface area (Å²) in [6.45, 7) is 2.02. The SMILES string of the molecule is CCC1OC(=O)C1I. The topological polar surface area (TPSA) is 26.3 Å². The molecule has 1 rings (SSSR count). The van der Waals surface area contributed by atoms with E-state index in [0.717, 1.165) is 6.42 Å². The van der Waals surface area contributed by atoms with Crippen molar-refractivity contribution < 1.29 is 9.53 Å². The molecule has 0 bridgehead atoms. The fourth-order valence-electron chi connectivity index (χ4n) is 0.644. The van der Waals surface area contributed by atoms with Gasteiger partial charge in [-0.05, 0) is 6.42 Å². The van der Waals surface area contributed by atoms with Gasteiger partial charge >= 0.3 is 5.97 Å². The molecule has 0 saturated carbocycles. The van der Waals surface area contributed by atoms with E-state index in [0.29, 0.717) is 0 Å². The molecule has 0 spiro atoms. The molecule has 1 fully saturated rings. The maximum atomic E-state index is 10.4. The first-order chi connectivity index (χ1) is 3.75. The Morgan fingerprint density at radius 2 is 2.50 bits per heavy atom. The van der Waals surface area contributed by atoms with Gasteiger partial charge in [0.25, 0.3) is 0 Å². The fourth-order valence-corrected chi connectivity index (χ4v) is 1.45. The molecule has 0 N–H and O–H groups in total. The fraction of sp³-hybridized carbons (Fsp3) is 0.800. The number of halogens is 1. The molecule has 2 nitrogen and oxygen atoms in total. The number of rotatable bonds is 1. The van der Waals surface area contributed by atoms with Crippen molar-refractivity contribution in [3.63, 3.8) is 0 Å². The molecule has 46 valence electrons. The van der Waals surface area contributed by atoms with Gasteiger partial charge in [-0.2, -0.15) is 0 Å². The summed E-state index contributed by atoms with van der Waals surface area (Å²) in [5.74, 6) is -0.0579. The quantitative estimate of drug-likeness (QED) is 0.380. The van der Waals surface area contributed by atoms with Crippen LogP contribution in [-0.2, 0) is 9.53 Å². The summed E-state index contributed by atoms with van der Waals surface area (Å²) >= 11 is 2.11. The van der Waals surface area contributed by atoms with Crippen LogP contribution in [0, 0.1) is 0 Å². The van der Waals surface area contributed by atoms with E-state index >= 15 is 0 Å². The van der Waals surface area contributed by atoms with E-state index in [1.165, 1.54) is 0 Å². The summed E-state index contributed by atoms with van der Waals surface area (Å²) in [5, 5.41) is 0. The van der Waals surface area contributed by atoms with E-state index < -0.39 is 0 Å². The van der Waals surface area contributed by atoms with Crippen LogP contribution in [0.1, 0.15) is 13.3 Å². The molecule has 0 aromatic heterocycles. The molecule has 1 aliphatic heterocycles. The number of cyclic esters (lactones) is 1. The molecule has 3 heteroatoms. The van der Waals surface area contributed by atoms with Crippen molar-refractivity contribution in [1.29, 1.82) is 0 Å². The van der Waals surface area contributed by atoms with E-state index in [-0.39, 0.29) is 16.0 Å². The first-order valence-corrected chi connectivity index (χ1v) is 3.85. The van der Waals surface area contributed by atoms with Gasteiger partial charge in [-0.3, -0.25) is 4.79 Å². The zero-order valence-corrected chi connectivity index (χ0v) is 6.71. The summed E-state index contributed by atoms with van der Waals surface area (Å²) in [6.07, 6.45) is 1.14. The van der Waals surface area contributed by atoms with E-state index in [1.807, 2.05) is 6.92 Å². The average molecular weight is 226 g/mol. The Kier molecular flexibility index (Phi) is 1.74. The van der Waals surface area contributed by atoms with Crippen molar-refractivity contribution >= 4 is 28.6 Å². The average Bonchev–Trinajstić information content (AvgIpc) is 1.81. The number of carbonyl (C=O) groups excluding carboxylic acids is 1. The minimum Gasteiger partial charge on any atom is -0.460 e. The Hall–Kier alpha value is 0.200. The van der Waals surface area contributed by atoms with Gasteiger partial charge in [0.1, 0.15) is 10.0 Å². The lowest BCUT2D eigenvalue weighted by molar-refractivity contribution is -0.166. The zero-order valence-electron chi connectivity index (χ0n) is 4.56. The highest BCUT2D eigenvalue weighted by atomic mass is 127. The van der Waals surface area contributed by atoms with E-state index in [1.54, 1.807) is 0 Å². The highest BCUT2D eigenvalue weighted by molar-refractivity contribution is 14.1. The zero-order chi connectivity index (χ0) is 6.15. The van der Waals surface area contributed by atoms with Crippen LogP contribution in [-0.4, -0.2) is 16.0 Å². The Morgan fingerprint density at radius 3 is 2.62 bits per heavy atom. The van der Waals surface area contributed by atoms with Crippen molar-refractivity contribution in [3.05, 3.63) is 0 Å². The lowest BCUT2D eigenvalue weighted by atomic mass is 10.1. The van der Waals surface area contributed by atoms with Crippen LogP contribution in [0.5, 0.6) is 0 Å². The predicted molar refractivity (Wildman–Crippen MR) is 38.0 cm³/mol. The number of alkyl halides is 1. The maximum absolute atomic E-state index is 10.4. The summed E-state index contributed by atoms with van der Waals surface area (Å²) in [7, 11) is 0. The molecular formula is C5H7IO2. The summed E-state index contributed by atoms with van der Waals surface area (Å²) in [4.78, 5) is 10.4. The first-order valence-electron chi connectivity index (χ1n) is 2.60. The normalized spacial score (nSPS) is 36.0. The second-order valence-corrected chi connectivity index (χ2v) is 3.13. The van der Waals surface area contributed by atoms with Crippen LogP contribution >= 0.6 is 22.6 Å². The third-order valence-electron chi connectivity index (χ3n) is 1.22. The number of ether oxygens (including phenoxy) is 1. The predicted octanol–water partition coefficient (Wildman–Crippen LogP) is 1.13. The number of hydrogen-bond donors (Lipinski definition) is 0. The van der Waals surface area contributed by atoms with Gasteiger partial charge in [-0.25, -0.2) is 0 Å². The van der Waals surface area contributed by atoms with Gasteiger partial charge in [0.05, 0.1) is 0 Å². The van der Waals surface area contributed by atoms with Crippen molar-refractivity contribution in [2.75, 3.05) is 0 Å². The minimum absolute atomic E-state index is 0.0579. The molecule has 0 radical (unpaired) electrons. The second kappa shape index (κ2) is 2.21. The summed E-state index contributed by atoms with van der Waals surface area (Å²) < 4.78 is 4.88. The van der Waals surface area contributed by atoms with Crippen LogP contribution < -0.4 is 0 Å². The lowest BCUT2D eigenvalue weighted by Crippen LogP contribution is -2.45. The van der Waals surface area contributed by atoms with E-state index in [9.17, 15) is 4.79 Å². The van der Waals surface area contributed by atoms with Gasteiger partial charge in [-0.15, -0.1) is 0 Å². The molecule has 0 aliphatic carbocycles. The molecule has 2 unspecified atom stereocenters. The van der Waals surface area contributed by atoms with Crippen LogP contribution in [0.2, 0.25) is 0 Å². The molecule has 1 aliphatic rings. The lowest BCUT2D eigenvalue weighted by Gasteiger charge is -2.29. The van der Waals surface area contributed by atoms with Crippen molar-refractivity contribution in [2.24, 2.45) is 0 Å². The minimum atomic E-state index is -0.0579. The van der Waals surface area contributed by atoms with Gasteiger partial charge in [0.2, 0.25) is 0 Å². The number of esters is 1. The smallest absolute Gasteiger partial charge is 0.323 e. The first kappa shape index (κ1) is 6.32. The Labute approximate surface area is 61.7 Å². The summed E-state index contributed by atoms with van der Waals surface area (Å²) in [6, 6.07) is 0. The van der Waals surface area contributed by atoms with Crippen molar-refractivity contribution in [3.8, 4) is 0 Å². The molecule has 1 saturated heterocycles. The number of carbonyl (C=O) groups is 1. The maximum Gasteiger partial charge on any atom is 0.323 e. The van der Waals surface area contributed by atoms with Crippen LogP contribution in [0.15, 0.2) is 0 Å². The van der Waals surface area contributed by atoms with Crippen LogP contribution in [0.3, 0.4) is 0 Å². The van der Waals surface area contributed by atoms with Crippen molar-refractivity contribution in [2.45, 2.75) is 23.4 Å². The molecule has 1 heterocycles. The molecule has 0 aromatic carbocycles. The Bertz CT molecular complexity index is 113. The molecular weight excluding hydrogens is 219 g/mol. The molecule has 0 aromatic rings. The Balaban J connectivity index is 2.35. The van der Waals surface area contributed by atoms with Gasteiger partial charge < -0.3 is 4.74 Å². The van der Waals surface area contributed by atoms with E-state index in [4.69, 9.17) is 4.74 Å². The van der Waals surface area contributed by atoms with E-state index in [2.05, 4.69) is 22.6 Å². The monoisotopic (exact) mass is 226 g/mol. The third kappa shape index (κ3) is 0.831. The highest BCUT2D eigenvalue weighted by Gasteiger charge is 2.38.